The molecule has 0 aliphatic carbocycles. The number of pyridine rings is 1. The number of nitrogens with zero attached hydrogens (tertiary/aromatic N) is 3. The van der Waals surface area contributed by atoms with E-state index < -0.39 is 0 Å². The summed E-state index contributed by atoms with van der Waals surface area (Å²) in [7, 11) is 0. The van der Waals surface area contributed by atoms with Crippen molar-refractivity contribution in [3.8, 4) is 0 Å². The number of anilines is 2. The molecule has 0 saturated carbocycles. The molecule has 3 rings (SSSR count). The first-order valence-electron chi connectivity index (χ1n) is 9.54. The van der Waals surface area contributed by atoms with Crippen LogP contribution in [0.15, 0.2) is 47.6 Å². The third-order valence-corrected chi connectivity index (χ3v) is 4.59. The number of aryl methyl sites for hydroxylation is 1. The molecule has 2 unspecified atom stereocenters. The van der Waals surface area contributed by atoms with Gasteiger partial charge in [0.1, 0.15) is 5.82 Å². The van der Waals surface area contributed by atoms with Crippen LogP contribution < -0.4 is 16.0 Å². The predicted octanol–water partition coefficient (Wildman–Crippen LogP) is 3.18. The lowest BCUT2D eigenvalue weighted by Crippen LogP contribution is -2.45. The summed E-state index contributed by atoms with van der Waals surface area (Å²) in [5.41, 5.74) is 9.27. The summed E-state index contributed by atoms with van der Waals surface area (Å²) in [6.45, 7) is 8.54. The highest BCUT2D eigenvalue weighted by Crippen LogP contribution is 2.18. The van der Waals surface area contributed by atoms with Crippen LogP contribution >= 0.6 is 0 Å². The molecule has 6 nitrogen and oxygen atoms in total. The van der Waals surface area contributed by atoms with Gasteiger partial charge in [-0.15, -0.1) is 0 Å². The fourth-order valence-corrected chi connectivity index (χ4v) is 3.30. The molecule has 1 aromatic heterocycles. The van der Waals surface area contributed by atoms with Gasteiger partial charge in [0.15, 0.2) is 5.96 Å². The van der Waals surface area contributed by atoms with Crippen LogP contribution in [-0.4, -0.2) is 36.2 Å². The zero-order valence-corrected chi connectivity index (χ0v) is 16.4. The topological polar surface area (TPSA) is 75.8 Å². The Labute approximate surface area is 161 Å². The van der Waals surface area contributed by atoms with E-state index >= 15 is 0 Å². The molecule has 1 aliphatic heterocycles. The summed E-state index contributed by atoms with van der Waals surface area (Å²) >= 11 is 0. The van der Waals surface area contributed by atoms with E-state index in [-0.39, 0.29) is 12.2 Å². The Balaban J connectivity index is 1.58. The Morgan fingerprint density at radius 3 is 2.67 bits per heavy atom. The number of benzene rings is 1. The highest BCUT2D eigenvalue weighted by Gasteiger charge is 2.22. The molecule has 2 aromatic rings. The van der Waals surface area contributed by atoms with Crippen LogP contribution in [0.5, 0.6) is 0 Å². The monoisotopic (exact) mass is 367 g/mol. The van der Waals surface area contributed by atoms with E-state index in [1.54, 1.807) is 0 Å². The van der Waals surface area contributed by atoms with Crippen LogP contribution in [0.1, 0.15) is 31.9 Å². The third kappa shape index (κ3) is 5.44. The van der Waals surface area contributed by atoms with E-state index in [0.717, 1.165) is 36.6 Å². The molecule has 27 heavy (non-hydrogen) atoms. The van der Waals surface area contributed by atoms with Crippen LogP contribution in [0, 0.1) is 0 Å². The second-order valence-electron chi connectivity index (χ2n) is 7.07. The van der Waals surface area contributed by atoms with Gasteiger partial charge in [0, 0.05) is 25.0 Å². The van der Waals surface area contributed by atoms with Crippen molar-refractivity contribution in [3.63, 3.8) is 0 Å². The van der Waals surface area contributed by atoms with Crippen LogP contribution in [0.4, 0.5) is 11.5 Å². The van der Waals surface area contributed by atoms with E-state index in [2.05, 4.69) is 59.2 Å². The zero-order chi connectivity index (χ0) is 19.2. The van der Waals surface area contributed by atoms with Gasteiger partial charge in [-0.1, -0.05) is 25.1 Å². The summed E-state index contributed by atoms with van der Waals surface area (Å²) in [4.78, 5) is 11.3. The predicted molar refractivity (Wildman–Crippen MR) is 111 cm³/mol. The molecular weight excluding hydrogens is 338 g/mol. The third-order valence-electron chi connectivity index (χ3n) is 4.59. The van der Waals surface area contributed by atoms with Crippen molar-refractivity contribution < 1.29 is 4.74 Å². The Hall–Kier alpha value is -2.60. The minimum atomic E-state index is 0.219. The fourth-order valence-electron chi connectivity index (χ4n) is 3.30. The van der Waals surface area contributed by atoms with Crippen molar-refractivity contribution in [2.75, 3.05) is 23.3 Å². The van der Waals surface area contributed by atoms with Crippen molar-refractivity contribution in [2.24, 2.45) is 10.7 Å². The minimum absolute atomic E-state index is 0.219. The zero-order valence-electron chi connectivity index (χ0n) is 16.4. The summed E-state index contributed by atoms with van der Waals surface area (Å²) < 4.78 is 5.78. The van der Waals surface area contributed by atoms with Crippen molar-refractivity contribution in [1.29, 1.82) is 0 Å². The van der Waals surface area contributed by atoms with Gasteiger partial charge >= 0.3 is 0 Å². The second kappa shape index (κ2) is 8.86. The number of morpholine rings is 1. The summed E-state index contributed by atoms with van der Waals surface area (Å²) in [6.07, 6.45) is 3.30. The van der Waals surface area contributed by atoms with E-state index in [1.165, 1.54) is 5.56 Å². The number of rotatable bonds is 5. The molecule has 144 valence electrons. The molecular formula is C21H29N5O. The minimum Gasteiger partial charge on any atom is -0.372 e. The first-order chi connectivity index (χ1) is 13.0. The lowest BCUT2D eigenvalue weighted by Gasteiger charge is -2.36. The largest absolute Gasteiger partial charge is 0.372 e. The summed E-state index contributed by atoms with van der Waals surface area (Å²) in [5.74, 6) is 1.38. The molecule has 1 fully saturated rings. The molecule has 6 heteroatoms. The Bertz CT molecular complexity index is 764. The lowest BCUT2D eigenvalue weighted by molar-refractivity contribution is -0.00545. The first-order valence-corrected chi connectivity index (χ1v) is 9.54. The smallest absolute Gasteiger partial charge is 0.193 e. The Morgan fingerprint density at radius 2 is 2.00 bits per heavy atom. The van der Waals surface area contributed by atoms with E-state index in [1.807, 2.05) is 24.4 Å². The number of aliphatic imine (C=N–C) groups is 1. The van der Waals surface area contributed by atoms with E-state index in [0.29, 0.717) is 12.5 Å². The van der Waals surface area contributed by atoms with Gasteiger partial charge in [-0.2, -0.15) is 0 Å². The summed E-state index contributed by atoms with van der Waals surface area (Å²) in [6, 6.07) is 12.3. The maximum atomic E-state index is 6.02. The molecule has 1 aromatic carbocycles. The highest BCUT2D eigenvalue weighted by atomic mass is 16.5. The molecule has 0 spiro atoms. The quantitative estimate of drug-likeness (QED) is 0.627. The number of hydrogen-bond donors (Lipinski definition) is 2. The normalized spacial score (nSPS) is 20.6. The number of nitrogens with two attached hydrogens (primary N) is 1. The molecule has 1 aliphatic rings. The average molecular weight is 367 g/mol. The van der Waals surface area contributed by atoms with Crippen molar-refractivity contribution >= 4 is 17.5 Å². The van der Waals surface area contributed by atoms with E-state index in [9.17, 15) is 0 Å². The van der Waals surface area contributed by atoms with Crippen LogP contribution in [0.25, 0.3) is 0 Å². The number of aromatic nitrogens is 1. The molecule has 3 N–H and O–H groups in total. The van der Waals surface area contributed by atoms with Gasteiger partial charge in [-0.05, 0) is 49.6 Å². The van der Waals surface area contributed by atoms with Crippen molar-refractivity contribution in [3.05, 3.63) is 53.7 Å². The van der Waals surface area contributed by atoms with Crippen LogP contribution in [-0.2, 0) is 17.7 Å². The molecule has 2 heterocycles. The first kappa shape index (κ1) is 19.2. The van der Waals surface area contributed by atoms with Gasteiger partial charge in [0.25, 0.3) is 0 Å². The van der Waals surface area contributed by atoms with Crippen LogP contribution in [0.3, 0.4) is 0 Å². The van der Waals surface area contributed by atoms with Crippen molar-refractivity contribution in [1.82, 2.24) is 4.98 Å². The van der Waals surface area contributed by atoms with E-state index in [4.69, 9.17) is 10.5 Å². The number of nitrogens with one attached hydrogen (secondary N) is 1. The average Bonchev–Trinajstić information content (AvgIpc) is 2.66. The molecule has 0 bridgehead atoms. The molecule has 0 radical (unpaired) electrons. The number of guanidine groups is 1. The van der Waals surface area contributed by atoms with Gasteiger partial charge in [0.05, 0.1) is 18.8 Å². The van der Waals surface area contributed by atoms with Gasteiger partial charge < -0.3 is 20.7 Å². The van der Waals surface area contributed by atoms with Gasteiger partial charge in [0.2, 0.25) is 0 Å². The SMILES string of the molecule is CCc1cccc(NC(N)=NCc2ccc(N3CC(C)OC(C)C3)nc2)c1. The highest BCUT2D eigenvalue weighted by molar-refractivity contribution is 5.92. The fraction of sp³-hybridized carbons (Fsp3) is 0.429. The molecule has 0 amide bonds. The summed E-state index contributed by atoms with van der Waals surface area (Å²) in [5, 5.41) is 3.14. The van der Waals surface area contributed by atoms with Gasteiger partial charge in [-0.25, -0.2) is 9.98 Å². The molecule has 2 atom stereocenters. The molecule has 1 saturated heterocycles. The maximum Gasteiger partial charge on any atom is 0.193 e. The number of hydrogen-bond acceptors (Lipinski definition) is 4. The Kier molecular flexibility index (Phi) is 6.29. The maximum absolute atomic E-state index is 6.02. The van der Waals surface area contributed by atoms with Crippen LogP contribution in [0.2, 0.25) is 0 Å². The number of ether oxygens (including phenoxy) is 1. The second-order valence-corrected chi connectivity index (χ2v) is 7.07. The Morgan fingerprint density at radius 1 is 1.22 bits per heavy atom. The van der Waals surface area contributed by atoms with Crippen molar-refractivity contribution in [2.45, 2.75) is 45.9 Å². The lowest BCUT2D eigenvalue weighted by atomic mass is 10.1. The van der Waals surface area contributed by atoms with Gasteiger partial charge in [-0.3, -0.25) is 0 Å². The standard InChI is InChI=1S/C21H29N5O/c1-4-17-6-5-7-19(10-17)25-21(22)24-12-18-8-9-20(23-11-18)26-13-15(2)27-16(3)14-26/h5-11,15-16H,4,12-14H2,1-3H3,(H3,22,24,25).